The molecular weight excluding hydrogens is 534 g/mol. The van der Waals surface area contributed by atoms with E-state index in [1.165, 1.54) is 0 Å². The van der Waals surface area contributed by atoms with E-state index in [-0.39, 0.29) is 5.91 Å². The Labute approximate surface area is 240 Å². The number of likely N-dealkylation sites (N-methyl/N-ethyl adjacent to an activating group) is 2. The van der Waals surface area contributed by atoms with Gasteiger partial charge < -0.3 is 24.2 Å². The van der Waals surface area contributed by atoms with Gasteiger partial charge in [-0.05, 0) is 48.4 Å². The smallest absolute Gasteiger partial charge is 0.253 e. The van der Waals surface area contributed by atoms with Gasteiger partial charge in [0, 0.05) is 57.2 Å². The predicted molar refractivity (Wildman–Crippen MR) is 158 cm³/mol. The summed E-state index contributed by atoms with van der Waals surface area (Å²) in [6, 6.07) is 15.4. The standard InChI is InChI=1S/C29H36ClN5O3S/c1-5-34-14-16-35(17-15-34)27-19-26(30)31-29(32-27)39-20-22-6-9-23(10-7-22)28(36)33(2)13-12-21-8-11-24(37-3)25(18-21)38-4/h6-11,18-19H,5,12-17,20H2,1-4H3. The lowest BCUT2D eigenvalue weighted by Crippen LogP contribution is -2.46. The summed E-state index contributed by atoms with van der Waals surface area (Å²) < 4.78 is 10.7. The van der Waals surface area contributed by atoms with Crippen LogP contribution in [-0.4, -0.2) is 86.2 Å². The third-order valence-electron chi connectivity index (χ3n) is 6.90. The molecule has 1 aromatic heterocycles. The van der Waals surface area contributed by atoms with Gasteiger partial charge in [0.15, 0.2) is 16.7 Å². The van der Waals surface area contributed by atoms with Crippen LogP contribution in [0.25, 0.3) is 0 Å². The fourth-order valence-corrected chi connectivity index (χ4v) is 5.49. The molecule has 1 saturated heterocycles. The van der Waals surface area contributed by atoms with Crippen LogP contribution in [0.2, 0.25) is 5.15 Å². The molecule has 1 aliphatic heterocycles. The molecule has 1 fully saturated rings. The van der Waals surface area contributed by atoms with Gasteiger partial charge in [-0.25, -0.2) is 9.97 Å². The second-order valence-corrected chi connectivity index (χ2v) is 10.7. The SMILES string of the molecule is CCN1CCN(c2cc(Cl)nc(SCc3ccc(C(=O)N(C)CCc4ccc(OC)c(OC)c4)cc3)n2)CC1. The van der Waals surface area contributed by atoms with Gasteiger partial charge in [-0.3, -0.25) is 4.79 Å². The van der Waals surface area contributed by atoms with E-state index in [0.717, 1.165) is 49.7 Å². The molecule has 3 aromatic rings. The third kappa shape index (κ3) is 7.77. The van der Waals surface area contributed by atoms with Crippen molar-refractivity contribution in [2.75, 3.05) is 65.4 Å². The minimum absolute atomic E-state index is 0.0133. The number of ether oxygens (including phenoxy) is 2. The molecule has 4 rings (SSSR count). The average Bonchev–Trinajstić information content (AvgIpc) is 2.98. The first kappa shape index (κ1) is 29.0. The monoisotopic (exact) mass is 569 g/mol. The Morgan fingerprint density at radius 1 is 0.974 bits per heavy atom. The number of anilines is 1. The Morgan fingerprint density at radius 2 is 1.67 bits per heavy atom. The second kappa shape index (κ2) is 13.9. The molecule has 39 heavy (non-hydrogen) atoms. The minimum Gasteiger partial charge on any atom is -0.493 e. The maximum Gasteiger partial charge on any atom is 0.253 e. The van der Waals surface area contributed by atoms with Crippen LogP contribution in [-0.2, 0) is 12.2 Å². The molecule has 0 unspecified atom stereocenters. The Balaban J connectivity index is 1.30. The van der Waals surface area contributed by atoms with E-state index in [9.17, 15) is 4.79 Å². The molecule has 2 heterocycles. The van der Waals surface area contributed by atoms with Crippen molar-refractivity contribution in [3.05, 3.63) is 70.4 Å². The largest absolute Gasteiger partial charge is 0.493 e. The van der Waals surface area contributed by atoms with Crippen LogP contribution in [0.3, 0.4) is 0 Å². The van der Waals surface area contributed by atoms with Gasteiger partial charge in [0.25, 0.3) is 5.91 Å². The van der Waals surface area contributed by atoms with E-state index in [2.05, 4.69) is 21.7 Å². The van der Waals surface area contributed by atoms with Crippen molar-refractivity contribution >= 4 is 35.1 Å². The lowest BCUT2D eigenvalue weighted by atomic mass is 10.1. The first-order valence-corrected chi connectivity index (χ1v) is 14.5. The summed E-state index contributed by atoms with van der Waals surface area (Å²) in [7, 11) is 5.06. The number of rotatable bonds is 11. The van der Waals surface area contributed by atoms with Gasteiger partial charge in [0.05, 0.1) is 14.2 Å². The Morgan fingerprint density at radius 3 is 2.33 bits per heavy atom. The number of aromatic nitrogens is 2. The summed E-state index contributed by atoms with van der Waals surface area (Å²) in [6.07, 6.45) is 0.716. The van der Waals surface area contributed by atoms with Crippen LogP contribution in [0, 0.1) is 0 Å². The van der Waals surface area contributed by atoms with Crippen molar-refractivity contribution in [2.24, 2.45) is 0 Å². The van der Waals surface area contributed by atoms with E-state index in [0.29, 0.717) is 46.1 Å². The van der Waals surface area contributed by atoms with Crippen LogP contribution >= 0.6 is 23.4 Å². The number of hydrogen-bond acceptors (Lipinski definition) is 8. The van der Waals surface area contributed by atoms with Crippen LogP contribution in [0.15, 0.2) is 53.7 Å². The highest BCUT2D eigenvalue weighted by atomic mass is 35.5. The van der Waals surface area contributed by atoms with Crippen molar-refractivity contribution in [3.63, 3.8) is 0 Å². The van der Waals surface area contributed by atoms with Gasteiger partial charge in [-0.15, -0.1) is 0 Å². The van der Waals surface area contributed by atoms with E-state index in [1.54, 1.807) is 30.9 Å². The molecule has 0 atom stereocenters. The van der Waals surface area contributed by atoms with E-state index in [4.69, 9.17) is 26.1 Å². The van der Waals surface area contributed by atoms with Crippen LogP contribution < -0.4 is 14.4 Å². The fourth-order valence-electron chi connectivity index (χ4n) is 4.45. The molecule has 0 N–H and O–H groups in total. The number of carbonyl (C=O) groups excluding carboxylic acids is 1. The summed E-state index contributed by atoms with van der Waals surface area (Å²) in [4.78, 5) is 28.6. The number of halogens is 1. The highest BCUT2D eigenvalue weighted by Gasteiger charge is 2.18. The van der Waals surface area contributed by atoms with Crippen molar-refractivity contribution in [1.82, 2.24) is 19.8 Å². The van der Waals surface area contributed by atoms with Gasteiger partial charge >= 0.3 is 0 Å². The van der Waals surface area contributed by atoms with Crippen molar-refractivity contribution in [3.8, 4) is 11.5 Å². The molecule has 1 amide bonds. The zero-order valence-electron chi connectivity index (χ0n) is 23.0. The molecule has 8 nitrogen and oxygen atoms in total. The van der Waals surface area contributed by atoms with Crippen molar-refractivity contribution < 1.29 is 14.3 Å². The number of thioether (sulfide) groups is 1. The summed E-state index contributed by atoms with van der Waals surface area (Å²) in [5.41, 5.74) is 2.83. The fraction of sp³-hybridized carbons (Fsp3) is 0.414. The molecule has 10 heteroatoms. The molecule has 1 aliphatic rings. The van der Waals surface area contributed by atoms with Crippen LogP contribution in [0.5, 0.6) is 11.5 Å². The minimum atomic E-state index is -0.0133. The van der Waals surface area contributed by atoms with Gasteiger partial charge in [0.1, 0.15) is 11.0 Å². The molecule has 0 bridgehead atoms. The zero-order valence-corrected chi connectivity index (χ0v) is 24.6. The predicted octanol–water partition coefficient (Wildman–Crippen LogP) is 4.90. The first-order valence-electron chi connectivity index (χ1n) is 13.1. The zero-order chi connectivity index (χ0) is 27.8. The summed E-state index contributed by atoms with van der Waals surface area (Å²) >= 11 is 7.87. The van der Waals surface area contributed by atoms with E-state index < -0.39 is 0 Å². The van der Waals surface area contributed by atoms with Crippen LogP contribution in [0.4, 0.5) is 5.82 Å². The van der Waals surface area contributed by atoms with E-state index >= 15 is 0 Å². The van der Waals surface area contributed by atoms with Gasteiger partial charge in [-0.2, -0.15) is 0 Å². The van der Waals surface area contributed by atoms with Gasteiger partial charge in [-0.1, -0.05) is 48.5 Å². The number of hydrogen-bond donors (Lipinski definition) is 0. The number of amides is 1. The Kier molecular flexibility index (Phi) is 10.3. The van der Waals surface area contributed by atoms with Crippen LogP contribution in [0.1, 0.15) is 28.4 Å². The topological polar surface area (TPSA) is 71.0 Å². The van der Waals surface area contributed by atoms with Crippen molar-refractivity contribution in [2.45, 2.75) is 24.3 Å². The third-order valence-corrected chi connectivity index (χ3v) is 8.02. The van der Waals surface area contributed by atoms with Crippen molar-refractivity contribution in [1.29, 1.82) is 0 Å². The number of piperazine rings is 1. The average molecular weight is 570 g/mol. The lowest BCUT2D eigenvalue weighted by Gasteiger charge is -2.34. The molecule has 2 aromatic carbocycles. The molecular formula is C29H36ClN5O3S. The summed E-state index contributed by atoms with van der Waals surface area (Å²) in [6.45, 7) is 7.77. The highest BCUT2D eigenvalue weighted by Crippen LogP contribution is 2.28. The summed E-state index contributed by atoms with van der Waals surface area (Å²) in [5.74, 6) is 2.93. The maximum absolute atomic E-state index is 13.0. The van der Waals surface area contributed by atoms with E-state index in [1.807, 2.05) is 55.6 Å². The first-order chi connectivity index (χ1) is 18.9. The lowest BCUT2D eigenvalue weighted by molar-refractivity contribution is 0.0796. The molecule has 208 valence electrons. The normalized spacial score (nSPS) is 13.8. The number of nitrogens with zero attached hydrogens (tertiary/aromatic N) is 5. The molecule has 0 spiro atoms. The molecule has 0 radical (unpaired) electrons. The number of methoxy groups -OCH3 is 2. The highest BCUT2D eigenvalue weighted by molar-refractivity contribution is 7.98. The molecule has 0 saturated carbocycles. The quantitative estimate of drug-likeness (QED) is 0.183. The maximum atomic E-state index is 13.0. The number of benzene rings is 2. The molecule has 0 aliphatic carbocycles. The Hall–Kier alpha value is -3.01. The summed E-state index contributed by atoms with van der Waals surface area (Å²) in [5, 5.41) is 1.11. The Bertz CT molecular complexity index is 1250. The second-order valence-electron chi connectivity index (χ2n) is 9.40. The van der Waals surface area contributed by atoms with Gasteiger partial charge in [0.2, 0.25) is 0 Å². The number of carbonyl (C=O) groups is 1.